The molecule has 0 fully saturated rings. The molecule has 0 spiro atoms. The van der Waals surface area contributed by atoms with E-state index in [9.17, 15) is 13.2 Å². The maximum absolute atomic E-state index is 12.4. The molecule has 0 aliphatic heterocycles. The van der Waals surface area contributed by atoms with Crippen LogP contribution in [0, 0.1) is 6.92 Å². The molecule has 9 heteroatoms. The molecule has 1 aromatic heterocycles. The number of amides is 1. The van der Waals surface area contributed by atoms with Crippen LogP contribution in [0.2, 0.25) is 5.02 Å². The number of rotatable bonds is 5. The minimum Gasteiger partial charge on any atom is -0.361 e. The minimum atomic E-state index is -3.80. The molecule has 7 nitrogen and oxygen atoms in total. The van der Waals surface area contributed by atoms with Crippen molar-refractivity contribution in [3.05, 3.63) is 71.1 Å². The molecule has 134 valence electrons. The van der Waals surface area contributed by atoms with Crippen LogP contribution in [0.5, 0.6) is 0 Å². The summed E-state index contributed by atoms with van der Waals surface area (Å²) in [6.45, 7) is 1.62. The van der Waals surface area contributed by atoms with Gasteiger partial charge in [0.05, 0.1) is 16.8 Å². The van der Waals surface area contributed by atoms with Crippen LogP contribution in [-0.4, -0.2) is 19.5 Å². The van der Waals surface area contributed by atoms with Crippen LogP contribution in [0.3, 0.4) is 0 Å². The second kappa shape index (κ2) is 7.19. The highest BCUT2D eigenvalue weighted by Crippen LogP contribution is 2.22. The molecule has 0 saturated carbocycles. The Kier molecular flexibility index (Phi) is 4.97. The standard InChI is InChI=1S/C17H14ClN3O4S/c1-11-16(10-19-25-11)17(22)20-13-5-3-6-14(9-13)21-26(23,24)15-7-2-4-12(18)8-15/h2-10,21H,1H3,(H,20,22). The topological polar surface area (TPSA) is 101 Å². The van der Waals surface area contributed by atoms with E-state index < -0.39 is 15.9 Å². The summed E-state index contributed by atoms with van der Waals surface area (Å²) in [6, 6.07) is 12.3. The molecule has 2 aromatic carbocycles. The van der Waals surface area contributed by atoms with E-state index >= 15 is 0 Å². The van der Waals surface area contributed by atoms with E-state index in [0.717, 1.165) is 0 Å². The van der Waals surface area contributed by atoms with Crippen molar-refractivity contribution < 1.29 is 17.7 Å². The predicted octanol–water partition coefficient (Wildman–Crippen LogP) is 3.69. The van der Waals surface area contributed by atoms with Crippen LogP contribution in [0.25, 0.3) is 0 Å². The zero-order valence-corrected chi connectivity index (χ0v) is 15.1. The van der Waals surface area contributed by atoms with Gasteiger partial charge >= 0.3 is 0 Å². The summed E-state index contributed by atoms with van der Waals surface area (Å²) in [5.41, 5.74) is 1.02. The van der Waals surface area contributed by atoms with Gasteiger partial charge in [0.2, 0.25) is 0 Å². The summed E-state index contributed by atoms with van der Waals surface area (Å²) < 4.78 is 32.2. The van der Waals surface area contributed by atoms with Crippen LogP contribution in [0.4, 0.5) is 11.4 Å². The average molecular weight is 392 g/mol. The van der Waals surface area contributed by atoms with Gasteiger partial charge in [-0.3, -0.25) is 9.52 Å². The fourth-order valence-electron chi connectivity index (χ4n) is 2.22. The lowest BCUT2D eigenvalue weighted by Gasteiger charge is -2.10. The van der Waals surface area contributed by atoms with Crippen LogP contribution in [-0.2, 0) is 10.0 Å². The first-order valence-electron chi connectivity index (χ1n) is 7.46. The predicted molar refractivity (Wildman–Crippen MR) is 97.9 cm³/mol. The summed E-state index contributed by atoms with van der Waals surface area (Å²) in [6.07, 6.45) is 1.32. The first-order valence-corrected chi connectivity index (χ1v) is 9.32. The third-order valence-electron chi connectivity index (χ3n) is 3.47. The zero-order valence-electron chi connectivity index (χ0n) is 13.6. The second-order valence-electron chi connectivity index (χ2n) is 5.39. The highest BCUT2D eigenvalue weighted by atomic mass is 35.5. The fraction of sp³-hybridized carbons (Fsp3) is 0.0588. The highest BCUT2D eigenvalue weighted by Gasteiger charge is 2.16. The van der Waals surface area contributed by atoms with Gasteiger partial charge in [-0.05, 0) is 43.3 Å². The number of sulfonamides is 1. The van der Waals surface area contributed by atoms with Crippen molar-refractivity contribution in [1.29, 1.82) is 0 Å². The molecule has 2 N–H and O–H groups in total. The number of hydrogen-bond acceptors (Lipinski definition) is 5. The maximum atomic E-state index is 12.4. The van der Waals surface area contributed by atoms with E-state index in [2.05, 4.69) is 15.2 Å². The number of nitrogens with one attached hydrogen (secondary N) is 2. The van der Waals surface area contributed by atoms with Gasteiger partial charge in [-0.25, -0.2) is 8.42 Å². The lowest BCUT2D eigenvalue weighted by atomic mass is 10.2. The summed E-state index contributed by atoms with van der Waals surface area (Å²) >= 11 is 5.85. The normalized spacial score (nSPS) is 11.2. The van der Waals surface area contributed by atoms with Crippen molar-refractivity contribution in [1.82, 2.24) is 5.16 Å². The van der Waals surface area contributed by atoms with E-state index in [4.69, 9.17) is 16.1 Å². The molecule has 0 unspecified atom stereocenters. The number of carbonyl (C=O) groups is 1. The van der Waals surface area contributed by atoms with E-state index in [1.54, 1.807) is 37.3 Å². The molecule has 3 rings (SSSR count). The Morgan fingerprint density at radius 3 is 2.54 bits per heavy atom. The SMILES string of the molecule is Cc1oncc1C(=O)Nc1cccc(NS(=O)(=O)c2cccc(Cl)c2)c1. The number of halogens is 1. The van der Waals surface area contributed by atoms with E-state index in [1.165, 1.54) is 24.4 Å². The van der Waals surface area contributed by atoms with Crippen molar-refractivity contribution >= 4 is 38.9 Å². The van der Waals surface area contributed by atoms with Gasteiger partial charge in [-0.1, -0.05) is 28.9 Å². The highest BCUT2D eigenvalue weighted by molar-refractivity contribution is 7.92. The van der Waals surface area contributed by atoms with Crippen LogP contribution in [0.1, 0.15) is 16.1 Å². The first kappa shape index (κ1) is 18.0. The Bertz CT molecular complexity index is 1060. The maximum Gasteiger partial charge on any atom is 0.261 e. The van der Waals surface area contributed by atoms with Gasteiger partial charge in [-0.15, -0.1) is 0 Å². The van der Waals surface area contributed by atoms with Crippen molar-refractivity contribution in [2.75, 3.05) is 10.0 Å². The number of carbonyl (C=O) groups excluding carboxylic acids is 1. The third-order valence-corrected chi connectivity index (χ3v) is 5.09. The molecular weight excluding hydrogens is 378 g/mol. The van der Waals surface area contributed by atoms with Crippen LogP contribution in [0.15, 0.2) is 64.1 Å². The smallest absolute Gasteiger partial charge is 0.261 e. The number of aryl methyl sites for hydroxylation is 1. The van der Waals surface area contributed by atoms with Crippen LogP contribution < -0.4 is 10.0 Å². The lowest BCUT2D eigenvalue weighted by Crippen LogP contribution is -2.14. The van der Waals surface area contributed by atoms with E-state index in [0.29, 0.717) is 27.7 Å². The van der Waals surface area contributed by atoms with E-state index in [1.807, 2.05) is 0 Å². The number of anilines is 2. The molecular formula is C17H14ClN3O4S. The Labute approximate surface area is 155 Å². The molecule has 1 amide bonds. The van der Waals surface area contributed by atoms with Crippen molar-refractivity contribution in [3.8, 4) is 0 Å². The molecule has 1 heterocycles. The first-order chi connectivity index (χ1) is 12.3. The van der Waals surface area contributed by atoms with Gasteiger partial charge in [0.15, 0.2) is 0 Å². The zero-order chi connectivity index (χ0) is 18.7. The number of benzene rings is 2. The van der Waals surface area contributed by atoms with E-state index in [-0.39, 0.29) is 4.90 Å². The summed E-state index contributed by atoms with van der Waals surface area (Å²) in [5, 5.41) is 6.54. The van der Waals surface area contributed by atoms with Crippen LogP contribution >= 0.6 is 11.6 Å². The molecule has 0 atom stereocenters. The molecule has 0 bridgehead atoms. The Morgan fingerprint density at radius 2 is 1.85 bits per heavy atom. The largest absolute Gasteiger partial charge is 0.361 e. The average Bonchev–Trinajstić information content (AvgIpc) is 3.01. The van der Waals surface area contributed by atoms with Crippen molar-refractivity contribution in [2.24, 2.45) is 0 Å². The molecule has 0 aliphatic carbocycles. The van der Waals surface area contributed by atoms with Gasteiger partial charge in [0.25, 0.3) is 15.9 Å². The van der Waals surface area contributed by atoms with Gasteiger partial charge in [0, 0.05) is 10.7 Å². The number of nitrogens with zero attached hydrogens (tertiary/aromatic N) is 1. The lowest BCUT2D eigenvalue weighted by molar-refractivity contribution is 0.102. The number of hydrogen-bond donors (Lipinski definition) is 2. The minimum absolute atomic E-state index is 0.0412. The molecule has 0 saturated heterocycles. The number of aromatic nitrogens is 1. The van der Waals surface area contributed by atoms with Crippen molar-refractivity contribution in [3.63, 3.8) is 0 Å². The third kappa shape index (κ3) is 4.04. The summed E-state index contributed by atoms with van der Waals surface area (Å²) in [4.78, 5) is 12.2. The fourth-order valence-corrected chi connectivity index (χ4v) is 3.57. The summed E-state index contributed by atoms with van der Waals surface area (Å²) in [7, 11) is -3.80. The Balaban J connectivity index is 1.79. The summed E-state index contributed by atoms with van der Waals surface area (Å²) in [5.74, 6) is -0.0149. The molecule has 0 radical (unpaired) electrons. The van der Waals surface area contributed by atoms with Crippen molar-refractivity contribution in [2.45, 2.75) is 11.8 Å². The molecule has 26 heavy (non-hydrogen) atoms. The van der Waals surface area contributed by atoms with Gasteiger partial charge < -0.3 is 9.84 Å². The molecule has 3 aromatic rings. The quantitative estimate of drug-likeness (QED) is 0.690. The molecule has 0 aliphatic rings. The Morgan fingerprint density at radius 1 is 1.12 bits per heavy atom. The second-order valence-corrected chi connectivity index (χ2v) is 7.51. The van der Waals surface area contributed by atoms with Gasteiger partial charge in [0.1, 0.15) is 11.3 Å². The monoisotopic (exact) mass is 391 g/mol. The van der Waals surface area contributed by atoms with Gasteiger partial charge in [-0.2, -0.15) is 0 Å². The Hall–Kier alpha value is -2.84.